The first-order valence-corrected chi connectivity index (χ1v) is 23.2. The third-order valence-corrected chi connectivity index (χ3v) is 10.1. The molecule has 0 bridgehead atoms. The maximum Gasteiger partial charge on any atom is 0.306 e. The second-order valence-corrected chi connectivity index (χ2v) is 17.1. The van der Waals surface area contributed by atoms with Gasteiger partial charge in [-0.15, -0.1) is 0 Å². The topological polar surface area (TPSA) is 111 Å². The molecule has 0 aliphatic rings. The number of unbranched alkanes of at least 4 members (excludes halogenated alkanes) is 19. The van der Waals surface area contributed by atoms with Crippen LogP contribution >= 0.6 is 7.82 Å². The van der Waals surface area contributed by atoms with Crippen molar-refractivity contribution in [3.05, 3.63) is 36.5 Å². The number of rotatable bonds is 39. The van der Waals surface area contributed by atoms with Crippen molar-refractivity contribution in [2.45, 2.75) is 187 Å². The summed E-state index contributed by atoms with van der Waals surface area (Å²) >= 11 is 0. The van der Waals surface area contributed by atoms with E-state index < -0.39 is 32.5 Å². The second-order valence-electron chi connectivity index (χ2n) is 15.7. The van der Waals surface area contributed by atoms with Crippen molar-refractivity contribution in [1.82, 2.24) is 0 Å². The number of carbonyl (C=O) groups excluding carboxylic acids is 2. The molecule has 10 heteroatoms. The Kier molecular flexibility index (Phi) is 35.6. The Morgan fingerprint density at radius 2 is 1.00 bits per heavy atom. The molecule has 1 unspecified atom stereocenters. The van der Waals surface area contributed by atoms with Crippen LogP contribution in [-0.4, -0.2) is 70.0 Å². The van der Waals surface area contributed by atoms with E-state index in [1.54, 1.807) is 0 Å². The third-order valence-electron chi connectivity index (χ3n) is 9.13. The minimum Gasteiger partial charge on any atom is -0.756 e. The summed E-state index contributed by atoms with van der Waals surface area (Å²) in [5.41, 5.74) is 0. The molecule has 0 aliphatic heterocycles. The number of hydrogen-bond acceptors (Lipinski definition) is 8. The average molecular weight is 784 g/mol. The molecule has 0 radical (unpaired) electrons. The van der Waals surface area contributed by atoms with Crippen LogP contribution < -0.4 is 4.89 Å². The standard InChI is InChI=1S/C44H82NO8P/c1-6-8-10-12-14-16-18-20-22-24-26-28-30-32-34-36-43(46)50-40-42(41-52-54(48,49)51-39-38-45(3,4)5)53-44(47)37-35-33-31-29-27-25-23-21-19-17-15-13-11-9-7-2/h14,16-17,19-20,22,42H,6-13,15,18,21,23-41H2,1-5H3/b16-14+,19-17+,22-20+/t42-/m1/s1. The second kappa shape index (κ2) is 36.8. The SMILES string of the molecule is CCCCC/C=C/C/C=C/CCCCCCCC(=O)OC[C@H](COP(=O)([O-])OCC[N+](C)(C)C)OC(=O)CCCCCCCCC/C=C/CCCCCC. The van der Waals surface area contributed by atoms with Crippen LogP contribution in [0.25, 0.3) is 0 Å². The molecule has 9 nitrogen and oxygen atoms in total. The highest BCUT2D eigenvalue weighted by Crippen LogP contribution is 2.38. The summed E-state index contributed by atoms with van der Waals surface area (Å²) in [6.07, 6.45) is 40.2. The quantitative estimate of drug-likeness (QED) is 0.0199. The van der Waals surface area contributed by atoms with E-state index in [0.29, 0.717) is 23.9 Å². The Morgan fingerprint density at radius 3 is 1.52 bits per heavy atom. The highest BCUT2D eigenvalue weighted by molar-refractivity contribution is 7.45. The number of carbonyl (C=O) groups is 2. The normalized spacial score (nSPS) is 14.0. The number of hydrogen-bond donors (Lipinski definition) is 0. The summed E-state index contributed by atoms with van der Waals surface area (Å²) in [7, 11) is 1.15. The smallest absolute Gasteiger partial charge is 0.306 e. The van der Waals surface area contributed by atoms with Gasteiger partial charge in [0.2, 0.25) is 0 Å². The van der Waals surface area contributed by atoms with Crippen LogP contribution in [0.1, 0.15) is 181 Å². The summed E-state index contributed by atoms with van der Waals surface area (Å²) in [4.78, 5) is 37.5. The number of allylic oxidation sites excluding steroid dienone is 6. The number of phosphoric ester groups is 1. The number of quaternary nitrogens is 1. The van der Waals surface area contributed by atoms with E-state index in [1.165, 1.54) is 77.0 Å². The Hall–Kier alpha value is -1.77. The van der Waals surface area contributed by atoms with Crippen molar-refractivity contribution in [3.8, 4) is 0 Å². The van der Waals surface area contributed by atoms with Crippen LogP contribution in [0.15, 0.2) is 36.5 Å². The van der Waals surface area contributed by atoms with E-state index in [-0.39, 0.29) is 26.1 Å². The highest BCUT2D eigenvalue weighted by Gasteiger charge is 2.21. The Bertz CT molecular complexity index is 1020. The van der Waals surface area contributed by atoms with Crippen LogP contribution in [-0.2, 0) is 32.7 Å². The fraction of sp³-hybridized carbons (Fsp3) is 0.818. The Morgan fingerprint density at radius 1 is 0.574 bits per heavy atom. The number of phosphoric acid groups is 1. The first kappa shape index (κ1) is 52.2. The van der Waals surface area contributed by atoms with Crippen LogP contribution in [0.5, 0.6) is 0 Å². The van der Waals surface area contributed by atoms with E-state index in [4.69, 9.17) is 18.5 Å². The van der Waals surface area contributed by atoms with Gasteiger partial charge in [-0.2, -0.15) is 0 Å². The lowest BCUT2D eigenvalue weighted by atomic mass is 10.1. The van der Waals surface area contributed by atoms with E-state index >= 15 is 0 Å². The van der Waals surface area contributed by atoms with Crippen molar-refractivity contribution in [1.29, 1.82) is 0 Å². The zero-order valence-corrected chi connectivity index (χ0v) is 36.3. The lowest BCUT2D eigenvalue weighted by Crippen LogP contribution is -2.37. The molecular formula is C44H82NO8P. The zero-order valence-electron chi connectivity index (χ0n) is 35.4. The number of likely N-dealkylation sites (N-methyl/N-ethyl adjacent to an activating group) is 1. The molecule has 316 valence electrons. The predicted octanol–water partition coefficient (Wildman–Crippen LogP) is 11.5. The van der Waals surface area contributed by atoms with Gasteiger partial charge in [-0.25, -0.2) is 0 Å². The molecule has 0 saturated heterocycles. The minimum atomic E-state index is -4.63. The maximum atomic E-state index is 12.7. The van der Waals surface area contributed by atoms with E-state index in [0.717, 1.165) is 64.2 Å². The maximum absolute atomic E-state index is 12.7. The van der Waals surface area contributed by atoms with Gasteiger partial charge in [0.05, 0.1) is 27.7 Å². The van der Waals surface area contributed by atoms with Crippen LogP contribution in [0.4, 0.5) is 0 Å². The predicted molar refractivity (Wildman–Crippen MR) is 222 cm³/mol. The Labute approximate surface area is 331 Å². The van der Waals surface area contributed by atoms with Gasteiger partial charge >= 0.3 is 11.9 Å². The number of ether oxygens (including phenoxy) is 2. The molecular weight excluding hydrogens is 701 g/mol. The lowest BCUT2D eigenvalue weighted by Gasteiger charge is -2.28. The van der Waals surface area contributed by atoms with Gasteiger partial charge in [0.15, 0.2) is 6.10 Å². The van der Waals surface area contributed by atoms with Gasteiger partial charge < -0.3 is 27.9 Å². The molecule has 0 aliphatic carbocycles. The van der Waals surface area contributed by atoms with Gasteiger partial charge in [-0.1, -0.05) is 134 Å². The molecule has 0 heterocycles. The fourth-order valence-corrected chi connectivity index (χ4v) is 6.41. The Balaban J connectivity index is 4.40. The molecule has 54 heavy (non-hydrogen) atoms. The molecule has 0 aromatic carbocycles. The highest BCUT2D eigenvalue weighted by atomic mass is 31.2. The van der Waals surface area contributed by atoms with Gasteiger partial charge in [0, 0.05) is 12.8 Å². The molecule has 0 amide bonds. The van der Waals surface area contributed by atoms with E-state index in [2.05, 4.69) is 50.3 Å². The lowest BCUT2D eigenvalue weighted by molar-refractivity contribution is -0.870. The average Bonchev–Trinajstić information content (AvgIpc) is 3.12. The molecule has 0 aromatic heterocycles. The fourth-order valence-electron chi connectivity index (χ4n) is 5.68. The zero-order chi connectivity index (χ0) is 40.0. The van der Waals surface area contributed by atoms with Gasteiger partial charge in [-0.3, -0.25) is 14.2 Å². The van der Waals surface area contributed by atoms with Crippen molar-refractivity contribution < 1.29 is 42.1 Å². The first-order chi connectivity index (χ1) is 26.0. The number of nitrogens with zero attached hydrogens (tertiary/aromatic N) is 1. The summed E-state index contributed by atoms with van der Waals surface area (Å²) in [5.74, 6) is -0.855. The minimum absolute atomic E-state index is 0.0342. The van der Waals surface area contributed by atoms with Gasteiger partial charge in [0.25, 0.3) is 7.82 Å². The van der Waals surface area contributed by atoms with Crippen LogP contribution in [0.2, 0.25) is 0 Å². The first-order valence-electron chi connectivity index (χ1n) is 21.7. The summed E-state index contributed by atoms with van der Waals surface area (Å²) in [6.45, 7) is 4.16. The molecule has 0 rings (SSSR count). The molecule has 0 N–H and O–H groups in total. The summed E-state index contributed by atoms with van der Waals surface area (Å²) in [5, 5.41) is 0. The van der Waals surface area contributed by atoms with E-state index in [1.807, 2.05) is 21.1 Å². The molecule has 0 spiro atoms. The summed E-state index contributed by atoms with van der Waals surface area (Å²) in [6, 6.07) is 0. The summed E-state index contributed by atoms with van der Waals surface area (Å²) < 4.78 is 33.9. The van der Waals surface area contributed by atoms with Crippen molar-refractivity contribution >= 4 is 19.8 Å². The molecule has 2 atom stereocenters. The monoisotopic (exact) mass is 784 g/mol. The van der Waals surface area contributed by atoms with Gasteiger partial charge in [-0.05, 0) is 70.6 Å². The van der Waals surface area contributed by atoms with Crippen molar-refractivity contribution in [2.24, 2.45) is 0 Å². The van der Waals surface area contributed by atoms with Crippen molar-refractivity contribution in [2.75, 3.05) is 47.5 Å². The third kappa shape index (κ3) is 39.9. The molecule has 0 saturated carbocycles. The van der Waals surface area contributed by atoms with Crippen molar-refractivity contribution in [3.63, 3.8) is 0 Å². The van der Waals surface area contributed by atoms with E-state index in [9.17, 15) is 19.0 Å². The number of esters is 2. The largest absolute Gasteiger partial charge is 0.756 e. The van der Waals surface area contributed by atoms with Gasteiger partial charge in [0.1, 0.15) is 19.8 Å². The molecule has 0 fully saturated rings. The van der Waals surface area contributed by atoms with Crippen LogP contribution in [0, 0.1) is 0 Å². The van der Waals surface area contributed by atoms with Crippen LogP contribution in [0.3, 0.4) is 0 Å². The molecule has 0 aromatic rings.